The van der Waals surface area contributed by atoms with Gasteiger partial charge in [0.25, 0.3) is 0 Å². The van der Waals surface area contributed by atoms with Crippen LogP contribution in [0.2, 0.25) is 0 Å². The van der Waals surface area contributed by atoms with E-state index in [4.69, 9.17) is 4.74 Å². The largest absolute Gasteiger partial charge is 0.489 e. The number of hydrogen-bond acceptors (Lipinski definition) is 1. The normalized spacial score (nSPS) is 21.2. The number of benzene rings is 2. The van der Waals surface area contributed by atoms with Gasteiger partial charge in [-0.2, -0.15) is 0 Å². The fourth-order valence-electron chi connectivity index (χ4n) is 2.60. The molecule has 0 heterocycles. The van der Waals surface area contributed by atoms with Crippen LogP contribution < -0.4 is 4.74 Å². The summed E-state index contributed by atoms with van der Waals surface area (Å²) in [6, 6.07) is 16.7. The first kappa shape index (κ1) is 12.7. The first-order valence-electron chi connectivity index (χ1n) is 6.67. The highest BCUT2D eigenvalue weighted by Crippen LogP contribution is 2.43. The Kier molecular flexibility index (Phi) is 3.61. The summed E-state index contributed by atoms with van der Waals surface area (Å²) in [4.78, 5) is 0.461. The zero-order chi connectivity index (χ0) is 13.2. The average Bonchev–Trinajstić information content (AvgIpc) is 2.73. The van der Waals surface area contributed by atoms with E-state index < -0.39 is 0 Å². The molecule has 19 heavy (non-hydrogen) atoms. The average molecular weight is 317 g/mol. The zero-order valence-corrected chi connectivity index (χ0v) is 12.6. The molecular weight excluding hydrogens is 300 g/mol. The van der Waals surface area contributed by atoms with Crippen molar-refractivity contribution in [2.24, 2.45) is 5.92 Å². The van der Waals surface area contributed by atoms with Gasteiger partial charge < -0.3 is 4.74 Å². The van der Waals surface area contributed by atoms with Crippen molar-refractivity contribution in [3.05, 3.63) is 65.2 Å². The molecular formula is C17H17BrO. The molecule has 2 aromatic rings. The van der Waals surface area contributed by atoms with Gasteiger partial charge in [-0.15, -0.1) is 0 Å². The van der Waals surface area contributed by atoms with Crippen LogP contribution in [0.1, 0.15) is 28.4 Å². The van der Waals surface area contributed by atoms with Gasteiger partial charge in [-0.3, -0.25) is 0 Å². The molecule has 2 aromatic carbocycles. The first-order chi connectivity index (χ1) is 9.24. The van der Waals surface area contributed by atoms with E-state index in [-0.39, 0.29) is 0 Å². The second-order valence-electron chi connectivity index (χ2n) is 5.22. The van der Waals surface area contributed by atoms with Crippen molar-refractivity contribution in [2.75, 3.05) is 0 Å². The van der Waals surface area contributed by atoms with Crippen LogP contribution in [0.5, 0.6) is 5.75 Å². The predicted molar refractivity (Wildman–Crippen MR) is 81.8 cm³/mol. The van der Waals surface area contributed by atoms with E-state index >= 15 is 0 Å². The summed E-state index contributed by atoms with van der Waals surface area (Å²) in [6.45, 7) is 2.91. The van der Waals surface area contributed by atoms with Crippen molar-refractivity contribution in [2.45, 2.75) is 24.8 Å². The Hall–Kier alpha value is -1.28. The van der Waals surface area contributed by atoms with E-state index in [2.05, 4.69) is 53.2 Å². The molecule has 0 bridgehead atoms. The molecule has 1 aliphatic rings. The number of hydrogen-bond donors (Lipinski definition) is 0. The van der Waals surface area contributed by atoms with Crippen molar-refractivity contribution < 1.29 is 4.74 Å². The lowest BCUT2D eigenvalue weighted by atomic mass is 10.1. The maximum Gasteiger partial charge on any atom is 0.120 e. The Labute approximate surface area is 122 Å². The Balaban J connectivity index is 1.73. The monoisotopic (exact) mass is 316 g/mol. The Morgan fingerprint density at radius 2 is 1.95 bits per heavy atom. The topological polar surface area (TPSA) is 9.23 Å². The molecule has 0 N–H and O–H groups in total. The molecule has 1 aliphatic carbocycles. The van der Waals surface area contributed by atoms with E-state index in [0.717, 1.165) is 12.2 Å². The summed E-state index contributed by atoms with van der Waals surface area (Å²) < 4.78 is 5.88. The standard InChI is InChI=1S/C17H17BrO/c1-12-9-14-7-8-15(10-16(14)17(12)18)19-11-13-5-3-2-4-6-13/h2-8,10,12,17H,9,11H2,1H3. The number of alkyl halides is 1. The molecule has 0 aromatic heterocycles. The van der Waals surface area contributed by atoms with Crippen molar-refractivity contribution in [1.82, 2.24) is 0 Å². The van der Waals surface area contributed by atoms with Gasteiger partial charge in [-0.05, 0) is 41.2 Å². The minimum Gasteiger partial charge on any atom is -0.489 e. The highest BCUT2D eigenvalue weighted by Gasteiger charge is 2.27. The van der Waals surface area contributed by atoms with Crippen LogP contribution >= 0.6 is 15.9 Å². The molecule has 0 saturated carbocycles. The molecule has 0 fully saturated rings. The lowest BCUT2D eigenvalue weighted by Crippen LogP contribution is -1.96. The third kappa shape index (κ3) is 2.69. The fraction of sp³-hybridized carbons (Fsp3) is 0.294. The highest BCUT2D eigenvalue weighted by molar-refractivity contribution is 9.09. The highest BCUT2D eigenvalue weighted by atomic mass is 79.9. The first-order valence-corrected chi connectivity index (χ1v) is 7.59. The fourth-order valence-corrected chi connectivity index (χ4v) is 3.22. The molecule has 0 saturated heterocycles. The summed E-state index contributed by atoms with van der Waals surface area (Å²) in [5, 5.41) is 0. The smallest absolute Gasteiger partial charge is 0.120 e. The second-order valence-corrected chi connectivity index (χ2v) is 6.20. The minimum absolute atomic E-state index is 0.461. The van der Waals surface area contributed by atoms with Gasteiger partial charge >= 0.3 is 0 Å². The van der Waals surface area contributed by atoms with E-state index in [9.17, 15) is 0 Å². The molecule has 0 spiro atoms. The number of fused-ring (bicyclic) bond motifs is 1. The number of halogens is 1. The lowest BCUT2D eigenvalue weighted by Gasteiger charge is -2.10. The lowest BCUT2D eigenvalue weighted by molar-refractivity contribution is 0.306. The van der Waals surface area contributed by atoms with E-state index in [1.165, 1.54) is 16.7 Å². The SMILES string of the molecule is CC1Cc2ccc(OCc3ccccc3)cc2C1Br. The quantitative estimate of drug-likeness (QED) is 0.732. The number of rotatable bonds is 3. The van der Waals surface area contributed by atoms with Crippen LogP contribution in [-0.2, 0) is 13.0 Å². The van der Waals surface area contributed by atoms with Gasteiger partial charge in [0, 0.05) is 4.83 Å². The Morgan fingerprint density at radius 3 is 2.74 bits per heavy atom. The molecule has 0 amide bonds. The van der Waals surface area contributed by atoms with Gasteiger partial charge in [0.2, 0.25) is 0 Å². The molecule has 1 nitrogen and oxygen atoms in total. The van der Waals surface area contributed by atoms with Gasteiger partial charge in [0.15, 0.2) is 0 Å². The summed E-state index contributed by atoms with van der Waals surface area (Å²) in [5.74, 6) is 1.63. The summed E-state index contributed by atoms with van der Waals surface area (Å²) in [5.41, 5.74) is 4.03. The maximum absolute atomic E-state index is 5.88. The molecule has 2 heteroatoms. The van der Waals surface area contributed by atoms with Crippen molar-refractivity contribution in [3.8, 4) is 5.75 Å². The second kappa shape index (κ2) is 5.38. The van der Waals surface area contributed by atoms with Crippen LogP contribution in [0.3, 0.4) is 0 Å². The molecule has 98 valence electrons. The van der Waals surface area contributed by atoms with Crippen molar-refractivity contribution >= 4 is 15.9 Å². The minimum atomic E-state index is 0.461. The molecule has 2 unspecified atom stereocenters. The van der Waals surface area contributed by atoms with Crippen LogP contribution in [-0.4, -0.2) is 0 Å². The Morgan fingerprint density at radius 1 is 1.16 bits per heavy atom. The molecule has 3 rings (SSSR count). The van der Waals surface area contributed by atoms with E-state index in [0.29, 0.717) is 17.4 Å². The molecule has 0 radical (unpaired) electrons. The van der Waals surface area contributed by atoms with Gasteiger partial charge in [-0.25, -0.2) is 0 Å². The van der Waals surface area contributed by atoms with Crippen LogP contribution in [0.15, 0.2) is 48.5 Å². The third-order valence-electron chi connectivity index (χ3n) is 3.70. The van der Waals surface area contributed by atoms with Gasteiger partial charge in [0.05, 0.1) is 0 Å². The molecule has 2 atom stereocenters. The molecule has 0 aliphatic heterocycles. The van der Waals surface area contributed by atoms with E-state index in [1.54, 1.807) is 0 Å². The van der Waals surface area contributed by atoms with E-state index in [1.807, 2.05) is 18.2 Å². The van der Waals surface area contributed by atoms with Crippen LogP contribution in [0, 0.1) is 5.92 Å². The van der Waals surface area contributed by atoms with Crippen molar-refractivity contribution in [3.63, 3.8) is 0 Å². The van der Waals surface area contributed by atoms with Crippen LogP contribution in [0.25, 0.3) is 0 Å². The number of ether oxygens (including phenoxy) is 1. The summed E-state index contributed by atoms with van der Waals surface area (Å²) in [7, 11) is 0. The third-order valence-corrected chi connectivity index (χ3v) is 5.10. The zero-order valence-electron chi connectivity index (χ0n) is 11.0. The van der Waals surface area contributed by atoms with Crippen molar-refractivity contribution in [1.29, 1.82) is 0 Å². The predicted octanol–water partition coefficient (Wildman–Crippen LogP) is 4.89. The summed E-state index contributed by atoms with van der Waals surface area (Å²) >= 11 is 3.78. The summed E-state index contributed by atoms with van der Waals surface area (Å²) in [6.07, 6.45) is 1.16. The van der Waals surface area contributed by atoms with Gasteiger partial charge in [-0.1, -0.05) is 59.3 Å². The van der Waals surface area contributed by atoms with Gasteiger partial charge in [0.1, 0.15) is 12.4 Å². The maximum atomic E-state index is 5.88. The van der Waals surface area contributed by atoms with Crippen LogP contribution in [0.4, 0.5) is 0 Å². The Bertz CT molecular complexity index is 565.